The van der Waals surface area contributed by atoms with Crippen LogP contribution in [-0.4, -0.2) is 51.9 Å². The number of hydrogen-bond acceptors (Lipinski definition) is 5. The van der Waals surface area contributed by atoms with Crippen molar-refractivity contribution in [2.45, 2.75) is 38.8 Å². The first kappa shape index (κ1) is 17.0. The second-order valence-electron chi connectivity index (χ2n) is 7.16. The van der Waals surface area contributed by atoms with E-state index in [1.165, 1.54) is 6.42 Å². The van der Waals surface area contributed by atoms with Crippen molar-refractivity contribution in [2.75, 3.05) is 13.1 Å². The van der Waals surface area contributed by atoms with Crippen LogP contribution in [0.2, 0.25) is 0 Å². The second kappa shape index (κ2) is 7.03. The highest BCUT2D eigenvalue weighted by Gasteiger charge is 2.26. The molecule has 1 atom stereocenters. The predicted molar refractivity (Wildman–Crippen MR) is 97.5 cm³/mol. The van der Waals surface area contributed by atoms with E-state index in [1.54, 1.807) is 0 Å². The lowest BCUT2D eigenvalue weighted by Crippen LogP contribution is -2.35. The fourth-order valence-electron chi connectivity index (χ4n) is 3.75. The molecule has 0 bridgehead atoms. The van der Waals surface area contributed by atoms with Crippen molar-refractivity contribution in [3.8, 4) is 0 Å². The summed E-state index contributed by atoms with van der Waals surface area (Å²) in [5.74, 6) is 4.58. The molecule has 0 radical (unpaired) electrons. The molecule has 0 spiro atoms. The molecule has 0 aliphatic carbocycles. The second-order valence-corrected chi connectivity index (χ2v) is 7.16. The molecule has 4 heterocycles. The average molecular weight is 354 g/mol. The van der Waals surface area contributed by atoms with E-state index in [4.69, 9.17) is 0 Å². The van der Waals surface area contributed by atoms with E-state index in [2.05, 4.69) is 52.9 Å². The molecule has 8 heteroatoms. The summed E-state index contributed by atoms with van der Waals surface area (Å²) in [5.41, 5.74) is 0. The smallest absolute Gasteiger partial charge is 0.152 e. The molecular formula is C18H26N8. The number of nitrogens with zero attached hydrogens (tertiary/aromatic N) is 8. The van der Waals surface area contributed by atoms with Crippen molar-refractivity contribution in [2.24, 2.45) is 14.1 Å². The highest BCUT2D eigenvalue weighted by Crippen LogP contribution is 2.26. The van der Waals surface area contributed by atoms with Gasteiger partial charge in [-0.05, 0) is 26.3 Å². The van der Waals surface area contributed by atoms with Gasteiger partial charge >= 0.3 is 0 Å². The standard InChI is InChI=1S/C18H26N8/c1-14-19-7-10-26(14)13-17-21-22-18(24(17)3)15-5-4-8-25(11-15)12-16-20-6-9-23(16)2/h6-7,9-10,15H,4-5,8,11-13H2,1-3H3/t15-/m0/s1. The molecule has 0 unspecified atom stereocenters. The molecule has 26 heavy (non-hydrogen) atoms. The Morgan fingerprint density at radius 3 is 2.62 bits per heavy atom. The van der Waals surface area contributed by atoms with E-state index in [-0.39, 0.29) is 0 Å². The van der Waals surface area contributed by atoms with Crippen molar-refractivity contribution in [1.82, 2.24) is 38.8 Å². The topological polar surface area (TPSA) is 69.6 Å². The molecular weight excluding hydrogens is 328 g/mol. The van der Waals surface area contributed by atoms with Gasteiger partial charge < -0.3 is 13.7 Å². The Kier molecular flexibility index (Phi) is 4.58. The van der Waals surface area contributed by atoms with Crippen LogP contribution in [0.4, 0.5) is 0 Å². The highest BCUT2D eigenvalue weighted by molar-refractivity contribution is 5.06. The molecule has 1 saturated heterocycles. The fraction of sp³-hybridized carbons (Fsp3) is 0.556. The number of likely N-dealkylation sites (tertiary alicyclic amines) is 1. The third-order valence-corrected chi connectivity index (χ3v) is 5.39. The first-order chi connectivity index (χ1) is 12.6. The van der Waals surface area contributed by atoms with Gasteiger partial charge in [0.05, 0.1) is 13.1 Å². The third-order valence-electron chi connectivity index (χ3n) is 5.39. The maximum atomic E-state index is 4.53. The van der Waals surface area contributed by atoms with Crippen molar-refractivity contribution in [3.05, 3.63) is 48.1 Å². The monoisotopic (exact) mass is 354 g/mol. The van der Waals surface area contributed by atoms with E-state index < -0.39 is 0 Å². The van der Waals surface area contributed by atoms with Crippen LogP contribution in [-0.2, 0) is 27.2 Å². The molecule has 1 aliphatic rings. The lowest BCUT2D eigenvalue weighted by atomic mass is 9.97. The fourth-order valence-corrected chi connectivity index (χ4v) is 3.75. The van der Waals surface area contributed by atoms with E-state index >= 15 is 0 Å². The van der Waals surface area contributed by atoms with Gasteiger partial charge in [0.2, 0.25) is 0 Å². The number of aryl methyl sites for hydroxylation is 2. The van der Waals surface area contributed by atoms with E-state index in [0.717, 1.165) is 49.4 Å². The van der Waals surface area contributed by atoms with Gasteiger partial charge in [0.1, 0.15) is 17.5 Å². The first-order valence-corrected chi connectivity index (χ1v) is 9.16. The summed E-state index contributed by atoms with van der Waals surface area (Å²) in [5, 5.41) is 8.98. The zero-order valence-electron chi connectivity index (χ0n) is 15.7. The molecule has 1 fully saturated rings. The summed E-state index contributed by atoms with van der Waals surface area (Å²) < 4.78 is 6.36. The quantitative estimate of drug-likeness (QED) is 0.694. The van der Waals surface area contributed by atoms with Gasteiger partial charge in [-0.15, -0.1) is 10.2 Å². The van der Waals surface area contributed by atoms with Gasteiger partial charge in [-0.3, -0.25) is 4.90 Å². The SMILES string of the molecule is Cc1nccn1Cc1nnc([C@H]2CCCN(Cc3nccn3C)C2)n1C. The van der Waals surface area contributed by atoms with Gasteiger partial charge in [-0.25, -0.2) is 9.97 Å². The van der Waals surface area contributed by atoms with Crippen LogP contribution < -0.4 is 0 Å². The molecule has 3 aromatic rings. The Morgan fingerprint density at radius 2 is 1.88 bits per heavy atom. The summed E-state index contributed by atoms with van der Waals surface area (Å²) in [6.45, 7) is 5.72. The molecule has 8 nitrogen and oxygen atoms in total. The predicted octanol–water partition coefficient (Wildman–Crippen LogP) is 1.48. The zero-order chi connectivity index (χ0) is 18.1. The Bertz CT molecular complexity index is 874. The first-order valence-electron chi connectivity index (χ1n) is 9.16. The van der Waals surface area contributed by atoms with Crippen LogP contribution in [0.15, 0.2) is 24.8 Å². The third kappa shape index (κ3) is 3.29. The van der Waals surface area contributed by atoms with Crippen LogP contribution in [0.5, 0.6) is 0 Å². The summed E-state index contributed by atoms with van der Waals surface area (Å²) in [6, 6.07) is 0. The summed E-state index contributed by atoms with van der Waals surface area (Å²) in [6.07, 6.45) is 10.0. The minimum absolute atomic E-state index is 0.416. The maximum Gasteiger partial charge on any atom is 0.152 e. The lowest BCUT2D eigenvalue weighted by molar-refractivity contribution is 0.189. The molecule has 0 N–H and O–H groups in total. The number of piperidine rings is 1. The Hall–Kier alpha value is -2.48. The Labute approximate surface area is 153 Å². The van der Waals surface area contributed by atoms with Crippen molar-refractivity contribution in [1.29, 1.82) is 0 Å². The Balaban J connectivity index is 1.47. The lowest BCUT2D eigenvalue weighted by Gasteiger charge is -2.31. The number of imidazole rings is 2. The van der Waals surface area contributed by atoms with Crippen molar-refractivity contribution >= 4 is 0 Å². The van der Waals surface area contributed by atoms with Crippen LogP contribution in [0, 0.1) is 6.92 Å². The summed E-state index contributed by atoms with van der Waals surface area (Å²) in [4.78, 5) is 11.2. The van der Waals surface area contributed by atoms with Crippen LogP contribution in [0.1, 0.15) is 42.1 Å². The molecule has 4 rings (SSSR count). The molecule has 0 amide bonds. The minimum atomic E-state index is 0.416. The van der Waals surface area contributed by atoms with Crippen LogP contribution >= 0.6 is 0 Å². The van der Waals surface area contributed by atoms with E-state index in [9.17, 15) is 0 Å². The largest absolute Gasteiger partial charge is 0.337 e. The summed E-state index contributed by atoms with van der Waals surface area (Å²) >= 11 is 0. The molecule has 0 aromatic carbocycles. The van der Waals surface area contributed by atoms with Gasteiger partial charge in [-0.1, -0.05) is 0 Å². The van der Waals surface area contributed by atoms with E-state index in [1.807, 2.05) is 31.7 Å². The molecule has 3 aromatic heterocycles. The molecule has 138 valence electrons. The minimum Gasteiger partial charge on any atom is -0.337 e. The van der Waals surface area contributed by atoms with Gasteiger partial charge in [0, 0.05) is 51.3 Å². The van der Waals surface area contributed by atoms with Crippen molar-refractivity contribution < 1.29 is 0 Å². The highest BCUT2D eigenvalue weighted by atomic mass is 15.3. The van der Waals surface area contributed by atoms with Crippen molar-refractivity contribution in [3.63, 3.8) is 0 Å². The average Bonchev–Trinajstić information content (AvgIpc) is 3.32. The number of hydrogen-bond donors (Lipinski definition) is 0. The normalized spacial score (nSPS) is 18.5. The zero-order valence-corrected chi connectivity index (χ0v) is 15.7. The number of rotatable bonds is 5. The van der Waals surface area contributed by atoms with Gasteiger partial charge in [-0.2, -0.15) is 0 Å². The van der Waals surface area contributed by atoms with E-state index in [0.29, 0.717) is 12.5 Å². The van der Waals surface area contributed by atoms with Crippen LogP contribution in [0.25, 0.3) is 0 Å². The summed E-state index contributed by atoms with van der Waals surface area (Å²) in [7, 11) is 4.13. The molecule has 1 aliphatic heterocycles. The maximum absolute atomic E-state index is 4.53. The molecule has 0 saturated carbocycles. The van der Waals surface area contributed by atoms with Gasteiger partial charge in [0.25, 0.3) is 0 Å². The van der Waals surface area contributed by atoms with Gasteiger partial charge in [0.15, 0.2) is 5.82 Å². The van der Waals surface area contributed by atoms with Crippen LogP contribution in [0.3, 0.4) is 0 Å². The Morgan fingerprint density at radius 1 is 1.04 bits per heavy atom. The number of aromatic nitrogens is 7.